The van der Waals surface area contributed by atoms with Gasteiger partial charge in [0.05, 0.1) is 4.90 Å². The maximum atomic E-state index is 12.8. The molecule has 0 spiro atoms. The highest BCUT2D eigenvalue weighted by atomic mass is 32.2. The zero-order valence-corrected chi connectivity index (χ0v) is 11.6. The van der Waals surface area contributed by atoms with E-state index in [4.69, 9.17) is 5.11 Å². The van der Waals surface area contributed by atoms with Gasteiger partial charge in [0.15, 0.2) is 0 Å². The molecular weight excluding hydrogens is 285 g/mol. The molecule has 1 atom stereocenters. The Balaban J connectivity index is 2.16. The molecule has 1 N–H and O–H groups in total. The van der Waals surface area contributed by atoms with E-state index in [-0.39, 0.29) is 23.8 Å². The molecule has 20 heavy (non-hydrogen) atoms. The van der Waals surface area contributed by atoms with Crippen molar-refractivity contribution < 1.29 is 22.7 Å². The number of carbonyl (C=O) groups is 1. The summed E-state index contributed by atoms with van der Waals surface area (Å²) in [6.07, 6.45) is 1.32. The quantitative estimate of drug-likeness (QED) is 0.918. The molecule has 2 rings (SSSR count). The number of piperidine rings is 1. The fraction of sp³-hybridized carbons (Fsp3) is 0.462. The number of sulfonamides is 1. The van der Waals surface area contributed by atoms with E-state index in [0.717, 1.165) is 12.1 Å². The van der Waals surface area contributed by atoms with E-state index in [1.54, 1.807) is 0 Å². The van der Waals surface area contributed by atoms with Crippen LogP contribution in [0.4, 0.5) is 4.39 Å². The van der Waals surface area contributed by atoms with Crippen molar-refractivity contribution in [3.05, 3.63) is 30.1 Å². The molecule has 110 valence electrons. The molecule has 1 aromatic carbocycles. The Kier molecular flexibility index (Phi) is 4.39. The summed E-state index contributed by atoms with van der Waals surface area (Å²) in [6, 6.07) is 4.66. The molecule has 1 heterocycles. The maximum absolute atomic E-state index is 12.8. The van der Waals surface area contributed by atoms with Gasteiger partial charge >= 0.3 is 5.97 Å². The lowest BCUT2D eigenvalue weighted by Gasteiger charge is -2.31. The lowest BCUT2D eigenvalue weighted by molar-refractivity contribution is -0.138. The highest BCUT2D eigenvalue weighted by molar-refractivity contribution is 7.89. The van der Waals surface area contributed by atoms with E-state index < -0.39 is 21.8 Å². The van der Waals surface area contributed by atoms with E-state index >= 15 is 0 Å². The highest BCUT2D eigenvalue weighted by Gasteiger charge is 2.31. The summed E-state index contributed by atoms with van der Waals surface area (Å²) >= 11 is 0. The monoisotopic (exact) mass is 301 g/mol. The average Bonchev–Trinajstić information content (AvgIpc) is 2.39. The van der Waals surface area contributed by atoms with E-state index in [1.165, 1.54) is 16.4 Å². The summed E-state index contributed by atoms with van der Waals surface area (Å²) in [5, 5.41) is 8.79. The number of carboxylic acid groups (broad SMARTS) is 1. The number of halogens is 1. The van der Waals surface area contributed by atoms with Crippen molar-refractivity contribution in [2.24, 2.45) is 5.92 Å². The lowest BCUT2D eigenvalue weighted by Crippen LogP contribution is -2.40. The predicted octanol–water partition coefficient (Wildman–Crippen LogP) is 1.70. The zero-order valence-electron chi connectivity index (χ0n) is 10.8. The van der Waals surface area contributed by atoms with Crippen LogP contribution in [0.25, 0.3) is 0 Å². The minimum absolute atomic E-state index is 0.0323. The summed E-state index contributed by atoms with van der Waals surface area (Å²) < 4.78 is 38.9. The van der Waals surface area contributed by atoms with Crippen molar-refractivity contribution in [1.29, 1.82) is 0 Å². The van der Waals surface area contributed by atoms with Gasteiger partial charge in [-0.2, -0.15) is 4.31 Å². The maximum Gasteiger partial charge on any atom is 0.303 e. The van der Waals surface area contributed by atoms with Gasteiger partial charge in [-0.25, -0.2) is 12.8 Å². The summed E-state index contributed by atoms with van der Waals surface area (Å²) in [6.45, 7) is 0.571. The molecule has 1 fully saturated rings. The van der Waals surface area contributed by atoms with Crippen LogP contribution in [0.5, 0.6) is 0 Å². The molecule has 1 aliphatic heterocycles. The second kappa shape index (κ2) is 5.88. The Morgan fingerprint density at radius 1 is 1.35 bits per heavy atom. The number of benzene rings is 1. The first-order valence-corrected chi connectivity index (χ1v) is 7.81. The number of hydrogen-bond donors (Lipinski definition) is 1. The Morgan fingerprint density at radius 3 is 2.60 bits per heavy atom. The van der Waals surface area contributed by atoms with Crippen molar-refractivity contribution in [2.75, 3.05) is 13.1 Å². The molecule has 1 aromatic rings. The van der Waals surface area contributed by atoms with E-state index in [1.807, 2.05) is 0 Å². The van der Waals surface area contributed by atoms with Gasteiger partial charge in [0.2, 0.25) is 10.0 Å². The number of nitrogens with zero attached hydrogens (tertiary/aromatic N) is 1. The molecule has 0 unspecified atom stereocenters. The standard InChI is InChI=1S/C13H16FNO4S/c14-11-3-5-12(6-4-11)20(18,19)15-7-1-2-10(9-15)8-13(16)17/h3-6,10H,1-2,7-9H2,(H,16,17)/t10-/m0/s1. The largest absolute Gasteiger partial charge is 0.481 e. The Labute approximate surface area is 117 Å². The van der Waals surface area contributed by atoms with Gasteiger partial charge in [-0.3, -0.25) is 4.79 Å². The summed E-state index contributed by atoms with van der Waals surface area (Å²) in [4.78, 5) is 10.8. The molecule has 1 saturated heterocycles. The van der Waals surface area contributed by atoms with Crippen LogP contribution in [0.3, 0.4) is 0 Å². The predicted molar refractivity (Wildman–Crippen MR) is 70.1 cm³/mol. The van der Waals surface area contributed by atoms with E-state index in [2.05, 4.69) is 0 Å². The fourth-order valence-corrected chi connectivity index (χ4v) is 3.97. The minimum atomic E-state index is -3.67. The van der Waals surface area contributed by atoms with Gasteiger partial charge in [0.1, 0.15) is 5.82 Å². The molecule has 1 aliphatic rings. The smallest absolute Gasteiger partial charge is 0.303 e. The molecule has 5 nitrogen and oxygen atoms in total. The molecule has 7 heteroatoms. The van der Waals surface area contributed by atoms with Crippen molar-refractivity contribution in [3.63, 3.8) is 0 Å². The second-order valence-corrected chi connectivity index (χ2v) is 6.86. The van der Waals surface area contributed by atoms with E-state index in [0.29, 0.717) is 19.4 Å². The third-order valence-corrected chi connectivity index (χ3v) is 5.28. The van der Waals surface area contributed by atoms with Crippen LogP contribution >= 0.6 is 0 Å². The average molecular weight is 301 g/mol. The first-order valence-electron chi connectivity index (χ1n) is 6.37. The van der Waals surface area contributed by atoms with E-state index in [9.17, 15) is 17.6 Å². The molecule has 0 bridgehead atoms. The summed E-state index contributed by atoms with van der Waals surface area (Å²) in [5.41, 5.74) is 0. The molecule has 0 radical (unpaired) electrons. The Morgan fingerprint density at radius 2 is 2.00 bits per heavy atom. The van der Waals surface area contributed by atoms with Crippen LogP contribution in [0.15, 0.2) is 29.2 Å². The van der Waals surface area contributed by atoms with Crippen molar-refractivity contribution >= 4 is 16.0 Å². The van der Waals surface area contributed by atoms with Gasteiger partial charge in [-0.15, -0.1) is 0 Å². The normalized spacial score (nSPS) is 20.8. The first kappa shape index (κ1) is 14.9. The van der Waals surface area contributed by atoms with Crippen molar-refractivity contribution in [2.45, 2.75) is 24.2 Å². The van der Waals surface area contributed by atoms with Crippen LogP contribution in [0, 0.1) is 11.7 Å². The number of hydrogen-bond acceptors (Lipinski definition) is 3. The van der Waals surface area contributed by atoms with Crippen LogP contribution in [0.1, 0.15) is 19.3 Å². The minimum Gasteiger partial charge on any atom is -0.481 e. The molecular formula is C13H16FNO4S. The Hall–Kier alpha value is -1.47. The second-order valence-electron chi connectivity index (χ2n) is 4.92. The van der Waals surface area contributed by atoms with Crippen LogP contribution < -0.4 is 0 Å². The first-order chi connectivity index (χ1) is 9.39. The summed E-state index contributed by atoms with van der Waals surface area (Å²) in [7, 11) is -3.67. The number of rotatable bonds is 4. The van der Waals surface area contributed by atoms with Crippen molar-refractivity contribution in [3.8, 4) is 0 Å². The van der Waals surface area contributed by atoms with Gasteiger partial charge in [0, 0.05) is 19.5 Å². The van der Waals surface area contributed by atoms with Gasteiger partial charge in [-0.05, 0) is 43.0 Å². The SMILES string of the molecule is O=C(O)C[C@@H]1CCCN(S(=O)(=O)c2ccc(F)cc2)C1. The topological polar surface area (TPSA) is 74.7 Å². The molecule has 0 aromatic heterocycles. The third-order valence-electron chi connectivity index (χ3n) is 3.40. The molecule has 0 amide bonds. The number of carboxylic acids is 1. The molecule has 0 saturated carbocycles. The van der Waals surface area contributed by atoms with Gasteiger partial charge in [-0.1, -0.05) is 0 Å². The zero-order chi connectivity index (χ0) is 14.8. The van der Waals surface area contributed by atoms with Crippen molar-refractivity contribution in [1.82, 2.24) is 4.31 Å². The number of aliphatic carboxylic acids is 1. The van der Waals surface area contributed by atoms with Crippen LogP contribution in [-0.4, -0.2) is 36.9 Å². The van der Waals surface area contributed by atoms with Crippen LogP contribution in [0.2, 0.25) is 0 Å². The fourth-order valence-electron chi connectivity index (χ4n) is 2.41. The van der Waals surface area contributed by atoms with Gasteiger partial charge in [0.25, 0.3) is 0 Å². The van der Waals surface area contributed by atoms with Crippen LogP contribution in [-0.2, 0) is 14.8 Å². The highest BCUT2D eigenvalue weighted by Crippen LogP contribution is 2.25. The lowest BCUT2D eigenvalue weighted by atomic mass is 9.96. The molecule has 0 aliphatic carbocycles. The Bertz CT molecular complexity index is 585. The third kappa shape index (κ3) is 3.34. The van der Waals surface area contributed by atoms with Gasteiger partial charge < -0.3 is 5.11 Å². The summed E-state index contributed by atoms with van der Waals surface area (Å²) in [5.74, 6) is -1.58.